The molecule has 0 unspecified atom stereocenters. The van der Waals surface area contributed by atoms with Crippen molar-refractivity contribution in [2.24, 2.45) is 11.8 Å². The fourth-order valence-electron chi connectivity index (χ4n) is 1.42. The van der Waals surface area contributed by atoms with Gasteiger partial charge in [0.1, 0.15) is 0 Å². The quantitative estimate of drug-likeness (QED) is 0.601. The van der Waals surface area contributed by atoms with Crippen molar-refractivity contribution in [2.45, 2.75) is 27.7 Å². The van der Waals surface area contributed by atoms with Gasteiger partial charge in [0.05, 0.1) is 6.61 Å². The summed E-state index contributed by atoms with van der Waals surface area (Å²) in [5.41, 5.74) is 0. The summed E-state index contributed by atoms with van der Waals surface area (Å²) in [6, 6.07) is 0. The van der Waals surface area contributed by atoms with Crippen LogP contribution in [0.1, 0.15) is 27.7 Å². The summed E-state index contributed by atoms with van der Waals surface area (Å²) in [5, 5.41) is 10.5. The highest BCUT2D eigenvalue weighted by Gasteiger charge is 2.08. The van der Waals surface area contributed by atoms with Crippen LogP contribution in [0.4, 0.5) is 0 Å². The smallest absolute Gasteiger partial charge is 0.0949 e. The molecule has 0 N–H and O–H groups in total. The largest absolute Gasteiger partial charge is 0.300 e. The van der Waals surface area contributed by atoms with E-state index in [9.17, 15) is 5.11 Å². The zero-order valence-electron chi connectivity index (χ0n) is 8.84. The third kappa shape index (κ3) is 6.62. The molecule has 0 atom stereocenters. The summed E-state index contributed by atoms with van der Waals surface area (Å²) in [5.74, 6) is 1.32. The molecule has 0 bridgehead atoms. The normalized spacial score (nSPS) is 12.0. The molecule has 73 valence electrons. The van der Waals surface area contributed by atoms with Gasteiger partial charge in [-0.05, 0) is 11.8 Å². The molecule has 0 saturated carbocycles. The number of hydrogen-bond donors (Lipinski definition) is 0. The maximum atomic E-state index is 10.5. The van der Waals surface area contributed by atoms with Crippen LogP contribution in [0.15, 0.2) is 0 Å². The predicted molar refractivity (Wildman–Crippen MR) is 51.7 cm³/mol. The second-order valence-corrected chi connectivity index (χ2v) is 4.25. The van der Waals surface area contributed by atoms with E-state index in [1.54, 1.807) is 0 Å². The molecule has 12 heavy (non-hydrogen) atoms. The van der Waals surface area contributed by atoms with Crippen molar-refractivity contribution in [3.05, 3.63) is 0 Å². The van der Waals surface area contributed by atoms with Crippen LogP contribution in [0.5, 0.6) is 0 Å². The molecule has 2 nitrogen and oxygen atoms in total. The molecule has 0 aromatic carbocycles. The van der Waals surface area contributed by atoms with Gasteiger partial charge in [-0.1, -0.05) is 27.7 Å². The van der Waals surface area contributed by atoms with Crippen molar-refractivity contribution in [2.75, 3.05) is 26.2 Å². The molecule has 0 heterocycles. The Morgan fingerprint density at radius 1 is 1.00 bits per heavy atom. The summed E-state index contributed by atoms with van der Waals surface area (Å²) in [6.07, 6.45) is 0. The first-order valence-electron chi connectivity index (χ1n) is 4.86. The van der Waals surface area contributed by atoms with Crippen LogP contribution in [0.3, 0.4) is 0 Å². The van der Waals surface area contributed by atoms with Gasteiger partial charge in [-0.3, -0.25) is 0 Å². The summed E-state index contributed by atoms with van der Waals surface area (Å²) >= 11 is 0. The van der Waals surface area contributed by atoms with Crippen LogP contribution >= 0.6 is 0 Å². The number of nitrogens with zero attached hydrogens (tertiary/aromatic N) is 1. The molecule has 2 heteroatoms. The molecule has 0 aliphatic heterocycles. The van der Waals surface area contributed by atoms with Gasteiger partial charge >= 0.3 is 0 Å². The van der Waals surface area contributed by atoms with Crippen LogP contribution in [-0.2, 0) is 5.11 Å². The Labute approximate surface area is 76.6 Å². The lowest BCUT2D eigenvalue weighted by atomic mass is 10.1. The van der Waals surface area contributed by atoms with Crippen molar-refractivity contribution >= 4 is 0 Å². The van der Waals surface area contributed by atoms with Gasteiger partial charge in [0.15, 0.2) is 0 Å². The molecule has 0 aromatic heterocycles. The average molecular weight is 172 g/mol. The molecule has 1 radical (unpaired) electrons. The summed E-state index contributed by atoms with van der Waals surface area (Å²) in [6.45, 7) is 11.6. The molecule has 0 aromatic rings. The number of hydrogen-bond acceptors (Lipinski definition) is 1. The van der Waals surface area contributed by atoms with E-state index in [2.05, 4.69) is 32.6 Å². The van der Waals surface area contributed by atoms with Crippen LogP contribution in [0, 0.1) is 11.8 Å². The topological polar surface area (TPSA) is 23.1 Å². The fraction of sp³-hybridized carbons (Fsp3) is 1.00. The molecule has 0 fully saturated rings. The van der Waals surface area contributed by atoms with Crippen molar-refractivity contribution in [3.63, 3.8) is 0 Å². The third-order valence-electron chi connectivity index (χ3n) is 1.65. The van der Waals surface area contributed by atoms with Crippen LogP contribution < -0.4 is 0 Å². The SMILES string of the molecule is CC(C)CN(CC[O])CC(C)C. The van der Waals surface area contributed by atoms with E-state index in [1.165, 1.54) is 0 Å². The first-order valence-corrected chi connectivity index (χ1v) is 4.86. The van der Waals surface area contributed by atoms with Crippen LogP contribution in [-0.4, -0.2) is 31.1 Å². The maximum Gasteiger partial charge on any atom is 0.0949 e. The highest BCUT2D eigenvalue weighted by molar-refractivity contribution is 4.61. The summed E-state index contributed by atoms with van der Waals surface area (Å²) in [7, 11) is 0. The van der Waals surface area contributed by atoms with Gasteiger partial charge in [0.25, 0.3) is 0 Å². The maximum absolute atomic E-state index is 10.5. The van der Waals surface area contributed by atoms with Crippen LogP contribution in [0.25, 0.3) is 0 Å². The lowest BCUT2D eigenvalue weighted by molar-refractivity contribution is 0.125. The highest BCUT2D eigenvalue weighted by Crippen LogP contribution is 2.02. The Balaban J connectivity index is 3.69. The van der Waals surface area contributed by atoms with E-state index in [4.69, 9.17) is 0 Å². The Morgan fingerprint density at radius 2 is 1.42 bits per heavy atom. The van der Waals surface area contributed by atoms with Gasteiger partial charge < -0.3 is 4.90 Å². The standard InChI is InChI=1S/C10H22NO/c1-9(2)7-11(5-6-12)8-10(3)4/h9-10H,5-8H2,1-4H3. The molecule has 0 saturated heterocycles. The third-order valence-corrected chi connectivity index (χ3v) is 1.65. The monoisotopic (exact) mass is 172 g/mol. The minimum atomic E-state index is 0.0272. The van der Waals surface area contributed by atoms with Crippen molar-refractivity contribution in [1.82, 2.24) is 4.90 Å². The Bertz CT molecular complexity index is 92.0. The van der Waals surface area contributed by atoms with Gasteiger partial charge in [0, 0.05) is 19.6 Å². The van der Waals surface area contributed by atoms with Gasteiger partial charge in [0.2, 0.25) is 0 Å². The molecule has 0 amide bonds. The van der Waals surface area contributed by atoms with E-state index in [-0.39, 0.29) is 6.61 Å². The van der Waals surface area contributed by atoms with Crippen LogP contribution in [0.2, 0.25) is 0 Å². The van der Waals surface area contributed by atoms with Crippen molar-refractivity contribution in [3.8, 4) is 0 Å². The molecule has 0 aliphatic rings. The van der Waals surface area contributed by atoms with Gasteiger partial charge in [-0.25, -0.2) is 5.11 Å². The minimum absolute atomic E-state index is 0.0272. The highest BCUT2D eigenvalue weighted by atomic mass is 16.3. The average Bonchev–Trinajstić information content (AvgIpc) is 1.84. The van der Waals surface area contributed by atoms with E-state index < -0.39 is 0 Å². The van der Waals surface area contributed by atoms with Crippen molar-refractivity contribution in [1.29, 1.82) is 0 Å². The molecular weight excluding hydrogens is 150 g/mol. The Morgan fingerprint density at radius 3 is 1.67 bits per heavy atom. The molecular formula is C10H22NO. The summed E-state index contributed by atoms with van der Waals surface area (Å²) < 4.78 is 0. The van der Waals surface area contributed by atoms with E-state index in [1.807, 2.05) is 0 Å². The lowest BCUT2D eigenvalue weighted by Gasteiger charge is -2.24. The molecule has 0 rings (SSSR count). The second kappa shape index (κ2) is 6.44. The Hall–Kier alpha value is -0.0800. The zero-order chi connectivity index (χ0) is 9.56. The van der Waals surface area contributed by atoms with E-state index in [0.29, 0.717) is 18.4 Å². The fourth-order valence-corrected chi connectivity index (χ4v) is 1.42. The first kappa shape index (κ1) is 11.9. The molecule has 0 aliphatic carbocycles. The molecule has 0 spiro atoms. The second-order valence-electron chi connectivity index (χ2n) is 4.25. The van der Waals surface area contributed by atoms with Gasteiger partial charge in [-0.2, -0.15) is 0 Å². The predicted octanol–water partition coefficient (Wildman–Crippen LogP) is 2.03. The van der Waals surface area contributed by atoms with Crippen molar-refractivity contribution < 1.29 is 5.11 Å². The van der Waals surface area contributed by atoms with E-state index in [0.717, 1.165) is 13.1 Å². The van der Waals surface area contributed by atoms with Gasteiger partial charge in [-0.15, -0.1) is 0 Å². The first-order chi connectivity index (χ1) is 5.56. The minimum Gasteiger partial charge on any atom is -0.300 e. The summed E-state index contributed by atoms with van der Waals surface area (Å²) in [4.78, 5) is 2.27. The zero-order valence-corrected chi connectivity index (χ0v) is 8.84. The van der Waals surface area contributed by atoms with E-state index >= 15 is 0 Å². The number of rotatable bonds is 6. The Kier molecular flexibility index (Phi) is 6.39. The lowest BCUT2D eigenvalue weighted by Crippen LogP contribution is -2.33.